The summed E-state index contributed by atoms with van der Waals surface area (Å²) in [5.74, 6) is 0.0277. The maximum Gasteiger partial charge on any atom is 0.405 e. The maximum absolute atomic E-state index is 12.2. The van der Waals surface area contributed by atoms with Gasteiger partial charge in [0.1, 0.15) is 12.3 Å². The first-order chi connectivity index (χ1) is 12.8. The van der Waals surface area contributed by atoms with Gasteiger partial charge in [0.25, 0.3) is 0 Å². The molecule has 2 atom stereocenters. The van der Waals surface area contributed by atoms with E-state index in [-0.39, 0.29) is 19.8 Å². The van der Waals surface area contributed by atoms with E-state index in [1.165, 1.54) is 0 Å². The Kier molecular flexibility index (Phi) is 7.88. The predicted octanol–water partition coefficient (Wildman–Crippen LogP) is 1.72. The number of alkyl halides is 3. The number of β-amino-alcohol motifs (C(OH)–C–C–N with tert-alkyl or cyclic N) is 1. The molecule has 1 heterocycles. The molecular formula is C18H25F3N2O4. The lowest BCUT2D eigenvalue weighted by molar-refractivity contribution is -0.141. The Balaban J connectivity index is 1.77. The zero-order valence-electron chi connectivity index (χ0n) is 15.2. The number of halogens is 3. The van der Waals surface area contributed by atoms with E-state index in [9.17, 15) is 23.1 Å². The van der Waals surface area contributed by atoms with Gasteiger partial charge in [-0.05, 0) is 25.5 Å². The van der Waals surface area contributed by atoms with Gasteiger partial charge in [-0.15, -0.1) is 0 Å². The highest BCUT2D eigenvalue weighted by molar-refractivity contribution is 5.82. The van der Waals surface area contributed by atoms with E-state index >= 15 is 0 Å². The van der Waals surface area contributed by atoms with Gasteiger partial charge in [0.2, 0.25) is 5.91 Å². The third-order valence-corrected chi connectivity index (χ3v) is 4.33. The first-order valence-electron chi connectivity index (χ1n) is 8.76. The van der Waals surface area contributed by atoms with Crippen LogP contribution in [0.15, 0.2) is 24.3 Å². The normalized spacial score (nSPS) is 19.1. The number of benzene rings is 1. The van der Waals surface area contributed by atoms with Crippen LogP contribution in [0.4, 0.5) is 13.2 Å². The number of aliphatic hydroxyl groups is 1. The van der Waals surface area contributed by atoms with Crippen molar-refractivity contribution in [3.63, 3.8) is 0 Å². The summed E-state index contributed by atoms with van der Waals surface area (Å²) < 4.78 is 47.5. The number of hydrogen-bond acceptors (Lipinski definition) is 5. The number of methoxy groups -OCH3 is 1. The molecule has 0 spiro atoms. The van der Waals surface area contributed by atoms with Crippen molar-refractivity contribution in [2.24, 2.45) is 0 Å². The quantitative estimate of drug-likeness (QED) is 0.672. The van der Waals surface area contributed by atoms with Gasteiger partial charge in [0, 0.05) is 12.1 Å². The maximum atomic E-state index is 12.2. The van der Waals surface area contributed by atoms with Crippen molar-refractivity contribution >= 4 is 5.91 Å². The topological polar surface area (TPSA) is 71.0 Å². The number of carbonyl (C=O) groups excluding carboxylic acids is 1. The van der Waals surface area contributed by atoms with Gasteiger partial charge in [0.05, 0.1) is 32.5 Å². The second-order valence-electron chi connectivity index (χ2n) is 6.47. The Morgan fingerprint density at radius 1 is 1.41 bits per heavy atom. The Morgan fingerprint density at radius 3 is 2.85 bits per heavy atom. The fourth-order valence-electron chi connectivity index (χ4n) is 3.10. The van der Waals surface area contributed by atoms with Gasteiger partial charge in [0.15, 0.2) is 0 Å². The van der Waals surface area contributed by atoms with E-state index in [4.69, 9.17) is 9.47 Å². The summed E-state index contributed by atoms with van der Waals surface area (Å²) in [5, 5.41) is 12.1. The molecule has 27 heavy (non-hydrogen) atoms. The molecular weight excluding hydrogens is 365 g/mol. The lowest BCUT2D eigenvalue weighted by Gasteiger charge is -2.26. The SMILES string of the molecule is COc1ccccc1COCC(O)CN1CCCC1C(=O)NCC(F)(F)F. The van der Waals surface area contributed by atoms with Crippen LogP contribution in [0.25, 0.3) is 0 Å². The van der Waals surface area contributed by atoms with E-state index in [0.717, 1.165) is 5.56 Å². The average molecular weight is 390 g/mol. The largest absolute Gasteiger partial charge is 0.496 e. The molecule has 1 aromatic rings. The number of carbonyl (C=O) groups is 1. The first-order valence-corrected chi connectivity index (χ1v) is 8.76. The van der Waals surface area contributed by atoms with Crippen molar-refractivity contribution in [2.45, 2.75) is 37.8 Å². The fraction of sp³-hybridized carbons (Fsp3) is 0.611. The minimum Gasteiger partial charge on any atom is -0.496 e. The molecule has 0 aromatic heterocycles. The number of rotatable bonds is 9. The predicted molar refractivity (Wildman–Crippen MR) is 92.3 cm³/mol. The molecule has 1 amide bonds. The molecule has 0 bridgehead atoms. The fourth-order valence-corrected chi connectivity index (χ4v) is 3.10. The van der Waals surface area contributed by atoms with E-state index < -0.39 is 30.8 Å². The van der Waals surface area contributed by atoms with Crippen LogP contribution >= 0.6 is 0 Å². The number of ether oxygens (including phenoxy) is 2. The molecule has 1 fully saturated rings. The first kappa shape index (κ1) is 21.5. The third kappa shape index (κ3) is 7.00. The van der Waals surface area contributed by atoms with Crippen molar-refractivity contribution in [1.29, 1.82) is 0 Å². The molecule has 9 heteroatoms. The minimum absolute atomic E-state index is 0.0471. The number of aliphatic hydroxyl groups excluding tert-OH is 1. The monoisotopic (exact) mass is 390 g/mol. The van der Waals surface area contributed by atoms with Crippen LogP contribution in [0.3, 0.4) is 0 Å². The van der Waals surface area contributed by atoms with E-state index in [1.54, 1.807) is 12.0 Å². The standard InChI is InChI=1S/C18H25F3N2O4/c1-26-16-7-3-2-5-13(16)10-27-11-14(24)9-23-8-4-6-15(23)17(25)22-12-18(19,20)21/h2-3,5,7,14-15,24H,4,6,8-12H2,1H3,(H,22,25). The van der Waals surface area contributed by atoms with Crippen LogP contribution in [-0.2, 0) is 16.1 Å². The summed E-state index contributed by atoms with van der Waals surface area (Å²) in [5.41, 5.74) is 0.845. The average Bonchev–Trinajstić information content (AvgIpc) is 3.07. The summed E-state index contributed by atoms with van der Waals surface area (Å²) in [6.45, 7) is -0.327. The van der Waals surface area contributed by atoms with Crippen LogP contribution in [0.1, 0.15) is 18.4 Å². The Morgan fingerprint density at radius 2 is 2.15 bits per heavy atom. The van der Waals surface area contributed by atoms with E-state index in [0.29, 0.717) is 25.1 Å². The summed E-state index contributed by atoms with van der Waals surface area (Å²) >= 11 is 0. The van der Waals surface area contributed by atoms with Crippen molar-refractivity contribution in [3.05, 3.63) is 29.8 Å². The minimum atomic E-state index is -4.44. The Hall–Kier alpha value is -1.84. The smallest absolute Gasteiger partial charge is 0.405 e. The molecule has 6 nitrogen and oxygen atoms in total. The third-order valence-electron chi connectivity index (χ3n) is 4.33. The zero-order chi connectivity index (χ0) is 19.9. The van der Waals surface area contributed by atoms with E-state index in [2.05, 4.69) is 0 Å². The van der Waals surface area contributed by atoms with E-state index in [1.807, 2.05) is 29.6 Å². The van der Waals surface area contributed by atoms with Crippen molar-refractivity contribution in [1.82, 2.24) is 10.2 Å². The second-order valence-corrected chi connectivity index (χ2v) is 6.47. The molecule has 0 saturated carbocycles. The number of para-hydroxylation sites is 1. The van der Waals surface area contributed by atoms with Gasteiger partial charge in [-0.2, -0.15) is 13.2 Å². The van der Waals surface area contributed by atoms with Gasteiger partial charge in [-0.1, -0.05) is 18.2 Å². The van der Waals surface area contributed by atoms with Crippen molar-refractivity contribution in [3.8, 4) is 5.75 Å². The van der Waals surface area contributed by atoms with Gasteiger partial charge in [-0.3, -0.25) is 9.69 Å². The summed E-state index contributed by atoms with van der Waals surface area (Å²) in [4.78, 5) is 13.7. The summed E-state index contributed by atoms with van der Waals surface area (Å²) in [7, 11) is 1.56. The van der Waals surface area contributed by atoms with Crippen LogP contribution in [-0.4, -0.2) is 67.6 Å². The van der Waals surface area contributed by atoms with Crippen molar-refractivity contribution < 1.29 is 32.5 Å². The van der Waals surface area contributed by atoms with Crippen LogP contribution in [0, 0.1) is 0 Å². The van der Waals surface area contributed by atoms with Gasteiger partial charge < -0.3 is 19.9 Å². The molecule has 2 N–H and O–H groups in total. The highest BCUT2D eigenvalue weighted by Gasteiger charge is 2.34. The highest BCUT2D eigenvalue weighted by Crippen LogP contribution is 2.20. The number of nitrogens with one attached hydrogen (secondary N) is 1. The zero-order valence-corrected chi connectivity index (χ0v) is 15.2. The molecule has 2 unspecified atom stereocenters. The lowest BCUT2D eigenvalue weighted by atomic mass is 10.2. The molecule has 152 valence electrons. The molecule has 1 saturated heterocycles. The van der Waals surface area contributed by atoms with Crippen LogP contribution in [0.2, 0.25) is 0 Å². The lowest BCUT2D eigenvalue weighted by Crippen LogP contribution is -2.48. The number of hydrogen-bond donors (Lipinski definition) is 2. The summed E-state index contributed by atoms with van der Waals surface area (Å²) in [6.07, 6.45) is -4.13. The number of amides is 1. The highest BCUT2D eigenvalue weighted by atomic mass is 19.4. The van der Waals surface area contributed by atoms with Gasteiger partial charge >= 0.3 is 6.18 Å². The molecule has 2 rings (SSSR count). The molecule has 1 aliphatic heterocycles. The Bertz CT molecular complexity index is 613. The Labute approximate surface area is 156 Å². The van der Waals surface area contributed by atoms with Crippen LogP contribution < -0.4 is 10.1 Å². The molecule has 1 aromatic carbocycles. The number of nitrogens with zero attached hydrogens (tertiary/aromatic N) is 1. The second kappa shape index (κ2) is 9.91. The summed E-state index contributed by atoms with van der Waals surface area (Å²) in [6, 6.07) is 6.70. The molecule has 0 radical (unpaired) electrons. The number of likely N-dealkylation sites (tertiary alicyclic amines) is 1. The van der Waals surface area contributed by atoms with Crippen LogP contribution in [0.5, 0.6) is 5.75 Å². The molecule has 1 aliphatic rings. The van der Waals surface area contributed by atoms with Gasteiger partial charge in [-0.25, -0.2) is 0 Å². The van der Waals surface area contributed by atoms with Crippen molar-refractivity contribution in [2.75, 3.05) is 33.4 Å². The molecule has 0 aliphatic carbocycles.